The minimum Gasteiger partial charge on any atom is -0.383 e. The van der Waals surface area contributed by atoms with Gasteiger partial charge in [0.1, 0.15) is 0 Å². The topological polar surface area (TPSA) is 66.5 Å². The molecule has 6 heteroatoms. The highest BCUT2D eigenvalue weighted by atomic mass is 16.5. The highest BCUT2D eigenvalue weighted by Crippen LogP contribution is 2.26. The van der Waals surface area contributed by atoms with Crippen LogP contribution in [0.3, 0.4) is 0 Å². The van der Waals surface area contributed by atoms with Crippen molar-refractivity contribution in [3.05, 3.63) is 54.4 Å². The molecular weight excluding hydrogens is 316 g/mol. The standard InChI is InChI=1S/C19H24N4O2/c24-19(22-15-16-4-3-8-20-14-16)7-9-21-17-5-1-2-6-18(17)23-10-12-25-13-11-23/h1-6,8,14,21H,7,9-13,15H2,(H,22,24). The summed E-state index contributed by atoms with van der Waals surface area (Å²) >= 11 is 0. The molecule has 1 saturated heterocycles. The molecule has 132 valence electrons. The molecule has 0 spiro atoms. The zero-order chi connectivity index (χ0) is 17.3. The molecule has 1 aliphatic rings. The van der Waals surface area contributed by atoms with Gasteiger partial charge < -0.3 is 20.3 Å². The van der Waals surface area contributed by atoms with E-state index in [1.807, 2.05) is 24.3 Å². The Balaban J connectivity index is 1.46. The second-order valence-corrected chi connectivity index (χ2v) is 5.93. The van der Waals surface area contributed by atoms with Gasteiger partial charge in [0.2, 0.25) is 5.91 Å². The molecule has 6 nitrogen and oxygen atoms in total. The lowest BCUT2D eigenvalue weighted by molar-refractivity contribution is -0.121. The van der Waals surface area contributed by atoms with Gasteiger partial charge in [-0.2, -0.15) is 0 Å². The smallest absolute Gasteiger partial charge is 0.222 e. The first-order valence-electron chi connectivity index (χ1n) is 8.64. The Morgan fingerprint density at radius 3 is 2.80 bits per heavy atom. The van der Waals surface area contributed by atoms with E-state index in [1.54, 1.807) is 12.4 Å². The predicted molar refractivity (Wildman–Crippen MR) is 98.7 cm³/mol. The van der Waals surface area contributed by atoms with E-state index >= 15 is 0 Å². The lowest BCUT2D eigenvalue weighted by Crippen LogP contribution is -2.36. The predicted octanol–water partition coefficient (Wildman–Crippen LogP) is 2.04. The van der Waals surface area contributed by atoms with Crippen LogP contribution in [0, 0.1) is 0 Å². The maximum absolute atomic E-state index is 12.0. The number of anilines is 2. The van der Waals surface area contributed by atoms with Crippen molar-refractivity contribution in [2.45, 2.75) is 13.0 Å². The maximum atomic E-state index is 12.0. The molecule has 0 unspecified atom stereocenters. The molecule has 0 bridgehead atoms. The molecule has 1 aromatic carbocycles. The second kappa shape index (κ2) is 9.03. The van der Waals surface area contributed by atoms with E-state index in [1.165, 1.54) is 5.69 Å². The first-order valence-corrected chi connectivity index (χ1v) is 8.64. The average molecular weight is 340 g/mol. The number of carbonyl (C=O) groups excluding carboxylic acids is 1. The molecule has 1 fully saturated rings. The third-order valence-electron chi connectivity index (χ3n) is 4.14. The molecule has 25 heavy (non-hydrogen) atoms. The molecule has 3 rings (SSSR count). The fourth-order valence-electron chi connectivity index (χ4n) is 2.81. The zero-order valence-corrected chi connectivity index (χ0v) is 14.3. The lowest BCUT2D eigenvalue weighted by Gasteiger charge is -2.30. The van der Waals surface area contributed by atoms with E-state index in [2.05, 4.69) is 32.7 Å². The Kier molecular flexibility index (Phi) is 6.23. The minimum atomic E-state index is 0.0280. The number of aromatic nitrogens is 1. The molecule has 1 aromatic heterocycles. The number of para-hydroxylation sites is 2. The van der Waals surface area contributed by atoms with E-state index in [0.717, 1.165) is 37.6 Å². The van der Waals surface area contributed by atoms with Crippen molar-refractivity contribution in [3.63, 3.8) is 0 Å². The number of benzene rings is 1. The van der Waals surface area contributed by atoms with Crippen LogP contribution in [0.25, 0.3) is 0 Å². The van der Waals surface area contributed by atoms with Gasteiger partial charge in [0.15, 0.2) is 0 Å². The number of hydrogen-bond donors (Lipinski definition) is 2. The third kappa shape index (κ3) is 5.19. The summed E-state index contributed by atoms with van der Waals surface area (Å²) in [6.45, 7) is 4.40. The van der Waals surface area contributed by atoms with Gasteiger partial charge in [-0.1, -0.05) is 18.2 Å². The molecule has 2 N–H and O–H groups in total. The van der Waals surface area contributed by atoms with Crippen LogP contribution in [-0.4, -0.2) is 43.7 Å². The summed E-state index contributed by atoms with van der Waals surface area (Å²) in [6, 6.07) is 12.0. The minimum absolute atomic E-state index is 0.0280. The van der Waals surface area contributed by atoms with Crippen LogP contribution >= 0.6 is 0 Å². The van der Waals surface area contributed by atoms with Crippen molar-refractivity contribution in [1.82, 2.24) is 10.3 Å². The number of ether oxygens (including phenoxy) is 1. The number of hydrogen-bond acceptors (Lipinski definition) is 5. The molecule has 2 heterocycles. The van der Waals surface area contributed by atoms with Gasteiger partial charge in [-0.05, 0) is 23.8 Å². The lowest BCUT2D eigenvalue weighted by atomic mass is 10.2. The number of amides is 1. The summed E-state index contributed by atoms with van der Waals surface area (Å²) in [5.41, 5.74) is 3.23. The normalized spacial score (nSPS) is 14.2. The zero-order valence-electron chi connectivity index (χ0n) is 14.3. The summed E-state index contributed by atoms with van der Waals surface area (Å²) in [6.07, 6.45) is 3.91. The summed E-state index contributed by atoms with van der Waals surface area (Å²) < 4.78 is 5.42. The molecule has 1 amide bonds. The average Bonchev–Trinajstić information content (AvgIpc) is 2.68. The highest BCUT2D eigenvalue weighted by molar-refractivity contribution is 5.77. The highest BCUT2D eigenvalue weighted by Gasteiger charge is 2.14. The van der Waals surface area contributed by atoms with Crippen LogP contribution in [0.15, 0.2) is 48.8 Å². The van der Waals surface area contributed by atoms with E-state index in [-0.39, 0.29) is 5.91 Å². The quantitative estimate of drug-likeness (QED) is 0.807. The van der Waals surface area contributed by atoms with Gasteiger partial charge in [-0.3, -0.25) is 9.78 Å². The molecule has 0 atom stereocenters. The van der Waals surface area contributed by atoms with Crippen LogP contribution in [-0.2, 0) is 16.1 Å². The summed E-state index contributed by atoms with van der Waals surface area (Å²) in [5.74, 6) is 0.0280. The molecule has 0 aliphatic carbocycles. The first-order chi connectivity index (χ1) is 12.3. The maximum Gasteiger partial charge on any atom is 0.222 e. The fourth-order valence-corrected chi connectivity index (χ4v) is 2.81. The number of pyridine rings is 1. The fraction of sp³-hybridized carbons (Fsp3) is 0.368. The monoisotopic (exact) mass is 340 g/mol. The van der Waals surface area contributed by atoms with E-state index in [0.29, 0.717) is 19.5 Å². The number of rotatable bonds is 7. The number of nitrogens with one attached hydrogen (secondary N) is 2. The van der Waals surface area contributed by atoms with Crippen LogP contribution < -0.4 is 15.5 Å². The van der Waals surface area contributed by atoms with Gasteiger partial charge in [0.25, 0.3) is 0 Å². The Hall–Kier alpha value is -2.60. The largest absolute Gasteiger partial charge is 0.383 e. The Morgan fingerprint density at radius 1 is 1.16 bits per heavy atom. The van der Waals surface area contributed by atoms with Crippen molar-refractivity contribution in [1.29, 1.82) is 0 Å². The molecule has 2 aromatic rings. The van der Waals surface area contributed by atoms with Gasteiger partial charge in [0, 0.05) is 45.0 Å². The third-order valence-corrected chi connectivity index (χ3v) is 4.14. The summed E-state index contributed by atoms with van der Waals surface area (Å²) in [4.78, 5) is 18.3. The molecule has 0 radical (unpaired) electrons. The van der Waals surface area contributed by atoms with E-state index in [4.69, 9.17) is 4.74 Å². The number of nitrogens with zero attached hydrogens (tertiary/aromatic N) is 2. The molecule has 0 saturated carbocycles. The number of morpholine rings is 1. The molecule has 1 aliphatic heterocycles. The van der Waals surface area contributed by atoms with E-state index in [9.17, 15) is 4.79 Å². The first kappa shape index (κ1) is 17.2. The van der Waals surface area contributed by atoms with Gasteiger partial charge in [-0.25, -0.2) is 0 Å². The Bertz CT molecular complexity index is 672. The van der Waals surface area contributed by atoms with Gasteiger partial charge in [0.05, 0.1) is 24.6 Å². The van der Waals surface area contributed by atoms with Crippen molar-refractivity contribution >= 4 is 17.3 Å². The van der Waals surface area contributed by atoms with Crippen LogP contribution in [0.2, 0.25) is 0 Å². The van der Waals surface area contributed by atoms with Crippen molar-refractivity contribution in [2.75, 3.05) is 43.1 Å². The summed E-state index contributed by atoms with van der Waals surface area (Å²) in [5, 5.41) is 6.30. The second-order valence-electron chi connectivity index (χ2n) is 5.93. The Morgan fingerprint density at radius 2 is 2.00 bits per heavy atom. The van der Waals surface area contributed by atoms with Crippen LogP contribution in [0.4, 0.5) is 11.4 Å². The van der Waals surface area contributed by atoms with Gasteiger partial charge >= 0.3 is 0 Å². The Labute approximate surface area is 148 Å². The number of carbonyl (C=O) groups is 1. The van der Waals surface area contributed by atoms with Crippen molar-refractivity contribution in [3.8, 4) is 0 Å². The van der Waals surface area contributed by atoms with Gasteiger partial charge in [-0.15, -0.1) is 0 Å². The van der Waals surface area contributed by atoms with Crippen molar-refractivity contribution < 1.29 is 9.53 Å². The van der Waals surface area contributed by atoms with Crippen molar-refractivity contribution in [2.24, 2.45) is 0 Å². The van der Waals surface area contributed by atoms with Crippen LogP contribution in [0.1, 0.15) is 12.0 Å². The van der Waals surface area contributed by atoms with Crippen LogP contribution in [0.5, 0.6) is 0 Å². The van der Waals surface area contributed by atoms with E-state index < -0.39 is 0 Å². The SMILES string of the molecule is O=C(CCNc1ccccc1N1CCOCC1)NCc1cccnc1. The summed E-state index contributed by atoms with van der Waals surface area (Å²) in [7, 11) is 0. The molecular formula is C19H24N4O2.